The maximum atomic E-state index is 12.2. The van der Waals surface area contributed by atoms with E-state index in [1.165, 1.54) is 11.9 Å². The Kier molecular flexibility index (Phi) is 4.71. The van der Waals surface area contributed by atoms with Gasteiger partial charge in [0.1, 0.15) is 15.3 Å². The van der Waals surface area contributed by atoms with E-state index in [0.717, 1.165) is 6.26 Å². The number of rotatable bonds is 4. The van der Waals surface area contributed by atoms with Crippen LogP contribution in [0.1, 0.15) is 12.8 Å². The third-order valence-electron chi connectivity index (χ3n) is 3.11. The zero-order chi connectivity index (χ0) is 13.8. The highest BCUT2D eigenvalue weighted by Crippen LogP contribution is 2.31. The summed E-state index contributed by atoms with van der Waals surface area (Å²) >= 11 is 0. The molecule has 7 heteroatoms. The van der Waals surface area contributed by atoms with Crippen LogP contribution >= 0.6 is 0 Å². The van der Waals surface area contributed by atoms with Crippen LogP contribution in [-0.4, -0.2) is 58.0 Å². The Morgan fingerprint density at radius 2 is 2.00 bits per heavy atom. The largest absolute Gasteiger partial charge is 0.381 e. The number of carbonyl (C=O) groups is 1. The molecular weight excluding hydrogens is 256 g/mol. The smallest absolute Gasteiger partial charge is 0.243 e. The second-order valence-corrected chi connectivity index (χ2v) is 6.92. The van der Waals surface area contributed by atoms with Gasteiger partial charge in [0, 0.05) is 33.1 Å². The van der Waals surface area contributed by atoms with Crippen molar-refractivity contribution in [3.8, 4) is 6.07 Å². The van der Waals surface area contributed by atoms with Crippen molar-refractivity contribution in [2.45, 2.75) is 12.8 Å². The van der Waals surface area contributed by atoms with Crippen molar-refractivity contribution >= 4 is 15.7 Å². The number of amides is 1. The van der Waals surface area contributed by atoms with E-state index in [-0.39, 0.29) is 18.2 Å². The molecule has 0 N–H and O–H groups in total. The minimum absolute atomic E-state index is 0.0900. The number of sulfone groups is 1. The third kappa shape index (κ3) is 3.68. The molecule has 1 aliphatic heterocycles. The van der Waals surface area contributed by atoms with Crippen molar-refractivity contribution in [2.75, 3.05) is 38.8 Å². The first-order valence-electron chi connectivity index (χ1n) is 5.73. The molecule has 1 aliphatic rings. The normalized spacial score (nSPS) is 18.9. The predicted octanol–water partition coefficient (Wildman–Crippen LogP) is -0.190. The van der Waals surface area contributed by atoms with E-state index in [1.54, 1.807) is 0 Å². The number of carbonyl (C=O) groups excluding carboxylic acids is 1. The highest BCUT2D eigenvalue weighted by Gasteiger charge is 2.42. The van der Waals surface area contributed by atoms with Crippen LogP contribution in [0.2, 0.25) is 0 Å². The van der Waals surface area contributed by atoms with Crippen molar-refractivity contribution in [3.63, 3.8) is 0 Å². The second kappa shape index (κ2) is 5.67. The minimum atomic E-state index is -3.11. The van der Waals surface area contributed by atoms with Gasteiger partial charge in [-0.3, -0.25) is 4.79 Å². The van der Waals surface area contributed by atoms with Crippen LogP contribution in [0.15, 0.2) is 0 Å². The lowest BCUT2D eigenvalue weighted by Crippen LogP contribution is -2.45. The van der Waals surface area contributed by atoms with E-state index in [1.807, 2.05) is 0 Å². The number of nitriles is 1. The van der Waals surface area contributed by atoms with Gasteiger partial charge < -0.3 is 9.64 Å². The Morgan fingerprint density at radius 3 is 2.44 bits per heavy atom. The minimum Gasteiger partial charge on any atom is -0.381 e. The zero-order valence-electron chi connectivity index (χ0n) is 10.7. The molecule has 0 aromatic carbocycles. The molecule has 0 atom stereocenters. The first-order chi connectivity index (χ1) is 8.31. The Bertz CT molecular complexity index is 446. The summed E-state index contributed by atoms with van der Waals surface area (Å²) in [4.78, 5) is 13.5. The van der Waals surface area contributed by atoms with Crippen LogP contribution in [0.5, 0.6) is 0 Å². The highest BCUT2D eigenvalue weighted by molar-refractivity contribution is 7.90. The van der Waals surface area contributed by atoms with Gasteiger partial charge in [-0.25, -0.2) is 8.42 Å². The summed E-state index contributed by atoms with van der Waals surface area (Å²) in [5.41, 5.74) is -1.05. The SMILES string of the molecule is CN(CCS(C)(=O)=O)C(=O)C1(C#N)CCOCC1. The van der Waals surface area contributed by atoms with Crippen molar-refractivity contribution in [3.05, 3.63) is 0 Å². The lowest BCUT2D eigenvalue weighted by molar-refractivity contribution is -0.141. The van der Waals surface area contributed by atoms with Crippen molar-refractivity contribution < 1.29 is 17.9 Å². The van der Waals surface area contributed by atoms with E-state index in [0.29, 0.717) is 26.1 Å². The summed E-state index contributed by atoms with van der Waals surface area (Å²) in [5.74, 6) is -0.398. The maximum absolute atomic E-state index is 12.2. The van der Waals surface area contributed by atoms with E-state index in [2.05, 4.69) is 6.07 Å². The molecule has 6 nitrogen and oxygen atoms in total. The average Bonchev–Trinajstić information content (AvgIpc) is 2.35. The fraction of sp³-hybridized carbons (Fsp3) is 0.818. The van der Waals surface area contributed by atoms with Gasteiger partial charge in [0.05, 0.1) is 11.8 Å². The molecule has 1 rings (SSSR count). The summed E-state index contributed by atoms with van der Waals surface area (Å²) in [6.45, 7) is 0.889. The van der Waals surface area contributed by atoms with Gasteiger partial charge in [-0.15, -0.1) is 0 Å². The summed E-state index contributed by atoms with van der Waals surface area (Å²) < 4.78 is 27.3. The first-order valence-corrected chi connectivity index (χ1v) is 7.79. The average molecular weight is 274 g/mol. The number of nitrogens with zero attached hydrogens (tertiary/aromatic N) is 2. The van der Waals surface area contributed by atoms with E-state index < -0.39 is 15.3 Å². The summed E-state index contributed by atoms with van der Waals surface area (Å²) in [7, 11) is -1.58. The molecule has 0 aromatic rings. The molecule has 0 aromatic heterocycles. The van der Waals surface area contributed by atoms with E-state index in [9.17, 15) is 18.5 Å². The standard InChI is InChI=1S/C11H18N2O4S/c1-13(5-8-18(2,15)16)10(14)11(9-12)3-6-17-7-4-11/h3-8H2,1-2H3. The van der Waals surface area contributed by atoms with E-state index >= 15 is 0 Å². The van der Waals surface area contributed by atoms with Crippen LogP contribution in [0.3, 0.4) is 0 Å². The molecule has 0 saturated carbocycles. The van der Waals surface area contributed by atoms with Gasteiger partial charge in [0.2, 0.25) is 5.91 Å². The summed E-state index contributed by atoms with van der Waals surface area (Å²) in [5, 5.41) is 9.22. The fourth-order valence-corrected chi connectivity index (χ4v) is 2.47. The summed E-state index contributed by atoms with van der Waals surface area (Å²) in [6, 6.07) is 2.07. The number of hydrogen-bond donors (Lipinski definition) is 0. The molecule has 1 amide bonds. The van der Waals surface area contributed by atoms with Crippen LogP contribution in [0.4, 0.5) is 0 Å². The third-order valence-corrected chi connectivity index (χ3v) is 4.04. The molecular formula is C11H18N2O4S. The first kappa shape index (κ1) is 14.9. The number of ether oxygens (including phenoxy) is 1. The van der Waals surface area contributed by atoms with Crippen molar-refractivity contribution in [1.82, 2.24) is 4.90 Å². The molecule has 0 spiro atoms. The van der Waals surface area contributed by atoms with Crippen LogP contribution < -0.4 is 0 Å². The fourth-order valence-electron chi connectivity index (χ4n) is 1.86. The molecule has 0 bridgehead atoms. The Labute approximate surface area is 107 Å². The van der Waals surface area contributed by atoms with Gasteiger partial charge in [-0.2, -0.15) is 5.26 Å². The van der Waals surface area contributed by atoms with Gasteiger partial charge >= 0.3 is 0 Å². The van der Waals surface area contributed by atoms with Gasteiger partial charge in [0.15, 0.2) is 0 Å². The molecule has 0 aliphatic carbocycles. The monoisotopic (exact) mass is 274 g/mol. The van der Waals surface area contributed by atoms with Gasteiger partial charge in [-0.05, 0) is 12.8 Å². The van der Waals surface area contributed by atoms with Crippen molar-refractivity contribution in [2.24, 2.45) is 5.41 Å². The Hall–Kier alpha value is -1.13. The molecule has 0 radical (unpaired) electrons. The molecule has 1 heterocycles. The lowest BCUT2D eigenvalue weighted by Gasteiger charge is -2.32. The Balaban J connectivity index is 2.70. The quantitative estimate of drug-likeness (QED) is 0.709. The topological polar surface area (TPSA) is 87.5 Å². The van der Waals surface area contributed by atoms with Crippen LogP contribution in [-0.2, 0) is 19.4 Å². The van der Waals surface area contributed by atoms with Gasteiger partial charge in [-0.1, -0.05) is 0 Å². The zero-order valence-corrected chi connectivity index (χ0v) is 11.5. The Morgan fingerprint density at radius 1 is 1.44 bits per heavy atom. The van der Waals surface area contributed by atoms with Crippen molar-refractivity contribution in [1.29, 1.82) is 5.26 Å². The van der Waals surface area contributed by atoms with Crippen LogP contribution in [0.25, 0.3) is 0 Å². The van der Waals surface area contributed by atoms with Gasteiger partial charge in [0.25, 0.3) is 0 Å². The molecule has 1 saturated heterocycles. The number of hydrogen-bond acceptors (Lipinski definition) is 5. The molecule has 1 fully saturated rings. The molecule has 0 unspecified atom stereocenters. The van der Waals surface area contributed by atoms with Crippen LogP contribution in [0, 0.1) is 16.7 Å². The highest BCUT2D eigenvalue weighted by atomic mass is 32.2. The predicted molar refractivity (Wildman–Crippen MR) is 65.4 cm³/mol. The lowest BCUT2D eigenvalue weighted by atomic mass is 9.80. The maximum Gasteiger partial charge on any atom is 0.243 e. The van der Waals surface area contributed by atoms with E-state index in [4.69, 9.17) is 4.74 Å². The molecule has 102 valence electrons. The summed E-state index contributed by atoms with van der Waals surface area (Å²) in [6.07, 6.45) is 1.86. The second-order valence-electron chi connectivity index (χ2n) is 4.66. The molecule has 18 heavy (non-hydrogen) atoms.